The summed E-state index contributed by atoms with van der Waals surface area (Å²) in [5, 5.41) is 3.07. The van der Waals surface area contributed by atoms with Crippen LogP contribution in [0.5, 0.6) is 5.75 Å². The molecule has 0 fully saturated rings. The molecule has 2 aromatic rings. The third-order valence-corrected chi connectivity index (χ3v) is 3.09. The number of benzene rings is 1. The first kappa shape index (κ1) is 14.6. The molecule has 0 radical (unpaired) electrons. The van der Waals surface area contributed by atoms with E-state index in [1.807, 2.05) is 25.2 Å². The molecule has 0 aliphatic rings. The van der Waals surface area contributed by atoms with E-state index in [1.165, 1.54) is 5.56 Å². The van der Waals surface area contributed by atoms with Crippen LogP contribution in [0.15, 0.2) is 41.0 Å². The molecule has 0 aliphatic carbocycles. The third-order valence-electron chi connectivity index (χ3n) is 3.09. The Morgan fingerprint density at radius 1 is 1.15 bits per heavy atom. The molecule has 1 N–H and O–H groups in total. The molecule has 0 saturated carbocycles. The molecule has 0 spiro atoms. The van der Waals surface area contributed by atoms with Gasteiger partial charge in [0.1, 0.15) is 18.1 Å². The van der Waals surface area contributed by atoms with E-state index in [9.17, 15) is 0 Å². The second-order valence-electron chi connectivity index (χ2n) is 4.57. The van der Waals surface area contributed by atoms with Crippen molar-refractivity contribution in [2.75, 3.05) is 20.8 Å². The predicted molar refractivity (Wildman–Crippen MR) is 77.8 cm³/mol. The molecule has 108 valence electrons. The molecule has 0 unspecified atom stereocenters. The topological polar surface area (TPSA) is 43.6 Å². The van der Waals surface area contributed by atoms with Gasteiger partial charge in [-0.3, -0.25) is 0 Å². The highest BCUT2D eigenvalue weighted by molar-refractivity contribution is 5.28. The Balaban J connectivity index is 1.88. The van der Waals surface area contributed by atoms with Crippen LogP contribution in [0.2, 0.25) is 0 Å². The van der Waals surface area contributed by atoms with Crippen molar-refractivity contribution in [1.29, 1.82) is 0 Å². The van der Waals surface area contributed by atoms with Crippen molar-refractivity contribution in [2.24, 2.45) is 0 Å². The van der Waals surface area contributed by atoms with Crippen molar-refractivity contribution in [3.05, 3.63) is 53.5 Å². The average molecular weight is 275 g/mol. The van der Waals surface area contributed by atoms with Crippen LogP contribution in [0.3, 0.4) is 0 Å². The van der Waals surface area contributed by atoms with Gasteiger partial charge in [0.2, 0.25) is 0 Å². The minimum absolute atomic E-state index is 0.519. The van der Waals surface area contributed by atoms with E-state index < -0.39 is 0 Å². The van der Waals surface area contributed by atoms with Crippen molar-refractivity contribution < 1.29 is 13.9 Å². The lowest BCUT2D eigenvalue weighted by Crippen LogP contribution is -2.07. The largest absolute Gasteiger partial charge is 0.489 e. The highest BCUT2D eigenvalue weighted by atomic mass is 16.5. The molecular weight excluding hydrogens is 254 g/mol. The van der Waals surface area contributed by atoms with Gasteiger partial charge in [0.25, 0.3) is 0 Å². The second kappa shape index (κ2) is 7.72. The van der Waals surface area contributed by atoms with Crippen molar-refractivity contribution in [2.45, 2.75) is 19.6 Å². The number of methoxy groups -OCH3 is 1. The predicted octanol–water partition coefficient (Wildman–Crippen LogP) is 2.77. The smallest absolute Gasteiger partial charge is 0.124 e. The van der Waals surface area contributed by atoms with Gasteiger partial charge in [0, 0.05) is 12.7 Å². The van der Waals surface area contributed by atoms with E-state index in [2.05, 4.69) is 17.4 Å². The maximum absolute atomic E-state index is 5.78. The Bertz CT molecular complexity index is 505. The van der Waals surface area contributed by atoms with Gasteiger partial charge < -0.3 is 19.2 Å². The van der Waals surface area contributed by atoms with Crippen LogP contribution < -0.4 is 10.1 Å². The highest BCUT2D eigenvalue weighted by Crippen LogP contribution is 2.17. The monoisotopic (exact) mass is 275 g/mol. The lowest BCUT2D eigenvalue weighted by molar-refractivity contribution is 0.202. The van der Waals surface area contributed by atoms with Crippen LogP contribution in [0, 0.1) is 0 Å². The molecule has 1 aromatic carbocycles. The van der Waals surface area contributed by atoms with Crippen LogP contribution in [-0.4, -0.2) is 20.8 Å². The molecule has 4 heteroatoms. The molecular formula is C16H21NO3. The second-order valence-corrected chi connectivity index (χ2v) is 4.57. The van der Waals surface area contributed by atoms with E-state index in [1.54, 1.807) is 13.4 Å². The molecule has 1 aromatic heterocycles. The van der Waals surface area contributed by atoms with Crippen LogP contribution >= 0.6 is 0 Å². The Kier molecular flexibility index (Phi) is 5.65. The Morgan fingerprint density at radius 2 is 1.95 bits per heavy atom. The molecule has 4 nitrogen and oxygen atoms in total. The maximum Gasteiger partial charge on any atom is 0.124 e. The minimum atomic E-state index is 0.519. The van der Waals surface area contributed by atoms with Crippen molar-refractivity contribution >= 4 is 0 Å². The first-order valence-electron chi connectivity index (χ1n) is 6.74. The number of nitrogens with one attached hydrogen (secondary N) is 1. The van der Waals surface area contributed by atoms with Crippen molar-refractivity contribution in [1.82, 2.24) is 5.32 Å². The first-order chi connectivity index (χ1) is 9.83. The summed E-state index contributed by atoms with van der Waals surface area (Å²) in [7, 11) is 3.61. The van der Waals surface area contributed by atoms with E-state index in [0.717, 1.165) is 30.1 Å². The fraction of sp³-hybridized carbons (Fsp3) is 0.375. The summed E-state index contributed by atoms with van der Waals surface area (Å²) >= 11 is 0. The van der Waals surface area contributed by atoms with Gasteiger partial charge in [0.15, 0.2) is 0 Å². The fourth-order valence-electron chi connectivity index (χ4n) is 1.94. The summed E-state index contributed by atoms with van der Waals surface area (Å²) in [5.41, 5.74) is 2.32. The summed E-state index contributed by atoms with van der Waals surface area (Å²) < 4.78 is 16.2. The van der Waals surface area contributed by atoms with Crippen LogP contribution in [0.4, 0.5) is 0 Å². The van der Waals surface area contributed by atoms with Crippen LogP contribution in [0.1, 0.15) is 16.9 Å². The SMILES string of the molecule is CNCc1occc1COc1ccc(CCOC)cc1. The normalized spacial score (nSPS) is 10.7. The quantitative estimate of drug-likeness (QED) is 0.804. The summed E-state index contributed by atoms with van der Waals surface area (Å²) in [6.45, 7) is 1.97. The van der Waals surface area contributed by atoms with Gasteiger partial charge in [0.05, 0.1) is 19.4 Å². The van der Waals surface area contributed by atoms with E-state index >= 15 is 0 Å². The van der Waals surface area contributed by atoms with E-state index in [-0.39, 0.29) is 0 Å². The molecule has 1 heterocycles. The van der Waals surface area contributed by atoms with Gasteiger partial charge in [-0.25, -0.2) is 0 Å². The Hall–Kier alpha value is -1.78. The summed E-state index contributed by atoms with van der Waals surface area (Å²) in [6.07, 6.45) is 2.62. The van der Waals surface area contributed by atoms with Gasteiger partial charge in [-0.15, -0.1) is 0 Å². The average Bonchev–Trinajstić information content (AvgIpc) is 2.92. The maximum atomic E-state index is 5.78. The molecule has 0 aliphatic heterocycles. The standard InChI is InChI=1S/C16H21NO3/c1-17-11-16-14(8-10-19-16)12-20-15-5-3-13(4-6-15)7-9-18-2/h3-6,8,10,17H,7,9,11-12H2,1-2H3. The zero-order valence-electron chi connectivity index (χ0n) is 12.0. The Morgan fingerprint density at radius 3 is 2.65 bits per heavy atom. The van der Waals surface area contributed by atoms with Crippen molar-refractivity contribution in [3.63, 3.8) is 0 Å². The van der Waals surface area contributed by atoms with Gasteiger partial charge in [-0.2, -0.15) is 0 Å². The third kappa shape index (κ3) is 4.11. The fourth-order valence-corrected chi connectivity index (χ4v) is 1.94. The lowest BCUT2D eigenvalue weighted by Gasteiger charge is -2.07. The lowest BCUT2D eigenvalue weighted by atomic mass is 10.1. The van der Waals surface area contributed by atoms with Gasteiger partial charge in [-0.1, -0.05) is 12.1 Å². The molecule has 2 rings (SSSR count). The number of hydrogen-bond donors (Lipinski definition) is 1. The first-order valence-corrected chi connectivity index (χ1v) is 6.74. The number of ether oxygens (including phenoxy) is 2. The van der Waals surface area contributed by atoms with E-state index in [4.69, 9.17) is 13.9 Å². The number of furan rings is 1. The Labute approximate surface area is 119 Å². The molecule has 0 saturated heterocycles. The minimum Gasteiger partial charge on any atom is -0.489 e. The van der Waals surface area contributed by atoms with Crippen LogP contribution in [-0.2, 0) is 24.3 Å². The molecule has 20 heavy (non-hydrogen) atoms. The summed E-state index contributed by atoms with van der Waals surface area (Å²) in [4.78, 5) is 0. The van der Waals surface area contributed by atoms with Gasteiger partial charge >= 0.3 is 0 Å². The summed E-state index contributed by atoms with van der Waals surface area (Å²) in [6, 6.07) is 10.1. The van der Waals surface area contributed by atoms with Crippen LogP contribution in [0.25, 0.3) is 0 Å². The number of rotatable bonds is 8. The van der Waals surface area contributed by atoms with Crippen molar-refractivity contribution in [3.8, 4) is 5.75 Å². The molecule has 0 atom stereocenters. The zero-order chi connectivity index (χ0) is 14.2. The van der Waals surface area contributed by atoms with E-state index in [0.29, 0.717) is 13.2 Å². The highest BCUT2D eigenvalue weighted by Gasteiger charge is 2.06. The number of hydrogen-bond acceptors (Lipinski definition) is 4. The van der Waals surface area contributed by atoms with Gasteiger partial charge in [-0.05, 0) is 37.2 Å². The zero-order valence-corrected chi connectivity index (χ0v) is 12.0. The summed E-state index contributed by atoms with van der Waals surface area (Å²) in [5.74, 6) is 1.78. The molecule has 0 bridgehead atoms. The molecule has 0 amide bonds.